The zero-order valence-electron chi connectivity index (χ0n) is 14.8. The Morgan fingerprint density at radius 3 is 2.96 bits per heavy atom. The second kappa shape index (κ2) is 7.52. The van der Waals surface area contributed by atoms with Crippen LogP contribution < -0.4 is 4.74 Å². The number of fused-ring (bicyclic) bond motifs is 1. The van der Waals surface area contributed by atoms with Gasteiger partial charge in [0.2, 0.25) is 0 Å². The van der Waals surface area contributed by atoms with Crippen molar-refractivity contribution in [3.63, 3.8) is 0 Å². The van der Waals surface area contributed by atoms with Crippen LogP contribution in [-0.2, 0) is 12.8 Å². The molecule has 0 spiro atoms. The zero-order valence-corrected chi connectivity index (χ0v) is 15.7. The lowest BCUT2D eigenvalue weighted by Gasteiger charge is -2.31. The molecule has 134 valence electrons. The topological polar surface area (TPSA) is 42.4 Å². The summed E-state index contributed by atoms with van der Waals surface area (Å²) in [7, 11) is 1.79. The zero-order chi connectivity index (χ0) is 18.0. The smallest absolute Gasteiger partial charge is 0.258 e. The SMILES string of the molecule is CCOc1c(F)cccc1C(=O)N(C)C1CCCc2nc(CC)sc21. The highest BCUT2D eigenvalue weighted by Crippen LogP contribution is 2.38. The van der Waals surface area contributed by atoms with Gasteiger partial charge < -0.3 is 9.64 Å². The maximum absolute atomic E-state index is 14.1. The lowest BCUT2D eigenvalue weighted by molar-refractivity contribution is 0.0712. The molecular formula is C19H23FN2O2S. The number of ether oxygens (including phenoxy) is 1. The molecule has 2 aromatic rings. The van der Waals surface area contributed by atoms with Crippen molar-refractivity contribution in [1.82, 2.24) is 9.88 Å². The second-order valence-corrected chi connectivity index (χ2v) is 7.26. The fraction of sp³-hybridized carbons (Fsp3) is 0.474. The maximum atomic E-state index is 14.1. The standard InChI is InChI=1S/C19H23FN2O2S/c1-4-16-21-14-10-7-11-15(18(14)25-16)22(3)19(23)12-8-6-9-13(20)17(12)24-5-2/h6,8-9,15H,4-5,7,10-11H2,1-3H3. The lowest BCUT2D eigenvalue weighted by Crippen LogP contribution is -2.33. The molecule has 1 heterocycles. The molecule has 1 aromatic carbocycles. The number of thiazole rings is 1. The molecule has 1 atom stereocenters. The van der Waals surface area contributed by atoms with Crippen molar-refractivity contribution in [2.75, 3.05) is 13.7 Å². The normalized spacial score (nSPS) is 16.4. The summed E-state index contributed by atoms with van der Waals surface area (Å²) in [6, 6.07) is 4.48. The van der Waals surface area contributed by atoms with Crippen molar-refractivity contribution in [3.05, 3.63) is 45.2 Å². The molecule has 1 unspecified atom stereocenters. The molecule has 1 aromatic heterocycles. The van der Waals surface area contributed by atoms with Gasteiger partial charge in [0.1, 0.15) is 0 Å². The first-order valence-electron chi connectivity index (χ1n) is 8.73. The van der Waals surface area contributed by atoms with Gasteiger partial charge in [-0.15, -0.1) is 11.3 Å². The van der Waals surface area contributed by atoms with Crippen LogP contribution in [0.4, 0.5) is 4.39 Å². The molecule has 0 saturated heterocycles. The summed E-state index contributed by atoms with van der Waals surface area (Å²) in [5.74, 6) is -0.680. The van der Waals surface area contributed by atoms with Crippen LogP contribution in [0.2, 0.25) is 0 Å². The maximum Gasteiger partial charge on any atom is 0.258 e. The molecule has 0 saturated carbocycles. The largest absolute Gasteiger partial charge is 0.490 e. The first-order valence-corrected chi connectivity index (χ1v) is 9.55. The molecule has 25 heavy (non-hydrogen) atoms. The number of aromatic nitrogens is 1. The first-order chi connectivity index (χ1) is 12.1. The summed E-state index contributed by atoms with van der Waals surface area (Å²) >= 11 is 1.69. The number of nitrogens with zero attached hydrogens (tertiary/aromatic N) is 2. The summed E-state index contributed by atoms with van der Waals surface area (Å²) in [6.45, 7) is 4.18. The van der Waals surface area contributed by atoms with Gasteiger partial charge in [0, 0.05) is 7.05 Å². The molecule has 0 aliphatic heterocycles. The number of hydrogen-bond acceptors (Lipinski definition) is 4. The van der Waals surface area contributed by atoms with E-state index in [0.717, 1.165) is 36.4 Å². The third kappa shape index (κ3) is 3.40. The Morgan fingerprint density at radius 2 is 2.24 bits per heavy atom. The minimum absolute atomic E-state index is 0.00760. The van der Waals surface area contributed by atoms with Gasteiger partial charge in [-0.1, -0.05) is 13.0 Å². The Morgan fingerprint density at radius 1 is 1.44 bits per heavy atom. The number of aryl methyl sites for hydroxylation is 2. The fourth-order valence-corrected chi connectivity index (χ4v) is 4.50. The molecule has 6 heteroatoms. The van der Waals surface area contributed by atoms with E-state index in [1.165, 1.54) is 10.9 Å². The van der Waals surface area contributed by atoms with Crippen molar-refractivity contribution in [2.24, 2.45) is 0 Å². The molecule has 4 nitrogen and oxygen atoms in total. The monoisotopic (exact) mass is 362 g/mol. The van der Waals surface area contributed by atoms with Gasteiger partial charge in [-0.25, -0.2) is 9.37 Å². The van der Waals surface area contributed by atoms with Gasteiger partial charge in [0.25, 0.3) is 5.91 Å². The van der Waals surface area contributed by atoms with Gasteiger partial charge in [-0.2, -0.15) is 0 Å². The quantitative estimate of drug-likeness (QED) is 0.792. The number of halogens is 1. The number of amides is 1. The van der Waals surface area contributed by atoms with Gasteiger partial charge in [-0.05, 0) is 44.7 Å². The van der Waals surface area contributed by atoms with Crippen LogP contribution in [0, 0.1) is 5.82 Å². The van der Waals surface area contributed by atoms with Gasteiger partial charge in [0.05, 0.1) is 33.8 Å². The molecule has 0 fully saturated rings. The summed E-state index contributed by atoms with van der Waals surface area (Å²) < 4.78 is 19.5. The number of rotatable bonds is 5. The van der Waals surface area contributed by atoms with Crippen molar-refractivity contribution < 1.29 is 13.9 Å². The fourth-order valence-electron chi connectivity index (χ4n) is 3.27. The van der Waals surface area contributed by atoms with Gasteiger partial charge >= 0.3 is 0 Å². The molecule has 0 bridgehead atoms. The van der Waals surface area contributed by atoms with Crippen LogP contribution in [0.1, 0.15) is 58.7 Å². The van der Waals surface area contributed by atoms with E-state index in [1.807, 2.05) is 0 Å². The highest BCUT2D eigenvalue weighted by atomic mass is 32.1. The minimum Gasteiger partial charge on any atom is -0.490 e. The van der Waals surface area contributed by atoms with Crippen molar-refractivity contribution in [2.45, 2.75) is 45.6 Å². The van der Waals surface area contributed by atoms with E-state index in [0.29, 0.717) is 6.61 Å². The Kier molecular flexibility index (Phi) is 5.37. The Balaban J connectivity index is 1.92. The van der Waals surface area contributed by atoms with Gasteiger partial charge in [0.15, 0.2) is 11.6 Å². The molecule has 1 aliphatic rings. The van der Waals surface area contributed by atoms with Crippen LogP contribution >= 0.6 is 11.3 Å². The van der Waals surface area contributed by atoms with E-state index in [9.17, 15) is 9.18 Å². The molecule has 0 N–H and O–H groups in total. The third-order valence-corrected chi connectivity index (χ3v) is 5.89. The van der Waals surface area contributed by atoms with E-state index in [4.69, 9.17) is 9.72 Å². The van der Waals surface area contributed by atoms with Crippen molar-refractivity contribution >= 4 is 17.2 Å². The van der Waals surface area contributed by atoms with E-state index < -0.39 is 5.82 Å². The van der Waals surface area contributed by atoms with E-state index in [1.54, 1.807) is 42.3 Å². The Bertz CT molecular complexity index is 775. The van der Waals surface area contributed by atoms with Crippen LogP contribution in [0.5, 0.6) is 5.75 Å². The molecular weight excluding hydrogens is 339 g/mol. The summed E-state index contributed by atoms with van der Waals surface area (Å²) in [6.07, 6.45) is 3.78. The van der Waals surface area contributed by atoms with E-state index in [2.05, 4.69) is 6.92 Å². The van der Waals surface area contributed by atoms with Crippen LogP contribution in [-0.4, -0.2) is 29.4 Å². The van der Waals surface area contributed by atoms with Gasteiger partial charge in [-0.3, -0.25) is 4.79 Å². The number of para-hydroxylation sites is 1. The molecule has 3 rings (SSSR count). The Hall–Kier alpha value is -1.95. The van der Waals surface area contributed by atoms with Crippen LogP contribution in [0.25, 0.3) is 0 Å². The average Bonchev–Trinajstić information content (AvgIpc) is 3.05. The summed E-state index contributed by atoms with van der Waals surface area (Å²) in [5, 5.41) is 1.11. The minimum atomic E-state index is -0.503. The highest BCUT2D eigenvalue weighted by molar-refractivity contribution is 7.11. The molecule has 0 radical (unpaired) electrons. The average molecular weight is 362 g/mol. The number of carbonyl (C=O) groups is 1. The molecule has 1 amide bonds. The first kappa shape index (κ1) is 17.9. The number of benzene rings is 1. The number of carbonyl (C=O) groups excluding carboxylic acids is 1. The highest BCUT2D eigenvalue weighted by Gasteiger charge is 2.31. The molecule has 1 aliphatic carbocycles. The summed E-state index contributed by atoms with van der Waals surface area (Å²) in [4.78, 5) is 20.6. The van der Waals surface area contributed by atoms with E-state index >= 15 is 0 Å². The van der Waals surface area contributed by atoms with Crippen molar-refractivity contribution in [1.29, 1.82) is 0 Å². The van der Waals surface area contributed by atoms with Crippen molar-refractivity contribution in [3.8, 4) is 5.75 Å². The number of hydrogen-bond donors (Lipinski definition) is 0. The lowest BCUT2D eigenvalue weighted by atomic mass is 9.96. The summed E-state index contributed by atoms with van der Waals surface area (Å²) in [5.41, 5.74) is 1.39. The predicted molar refractivity (Wildman–Crippen MR) is 96.8 cm³/mol. The second-order valence-electron chi connectivity index (χ2n) is 6.15. The predicted octanol–water partition coefficient (Wildman–Crippen LogP) is 4.39. The third-order valence-electron chi connectivity index (χ3n) is 4.54. The van der Waals surface area contributed by atoms with Crippen LogP contribution in [0.15, 0.2) is 18.2 Å². The van der Waals surface area contributed by atoms with E-state index in [-0.39, 0.29) is 23.3 Å². The Labute approximate surface area is 151 Å². The van der Waals surface area contributed by atoms with Crippen LogP contribution in [0.3, 0.4) is 0 Å².